The maximum atomic E-state index is 12.8. The summed E-state index contributed by atoms with van der Waals surface area (Å²) in [5, 5.41) is 1.14. The van der Waals surface area contributed by atoms with Gasteiger partial charge in [0, 0.05) is 25.2 Å². The number of hydrogen-bond acceptors (Lipinski definition) is 7. The van der Waals surface area contributed by atoms with E-state index in [9.17, 15) is 4.79 Å². The van der Waals surface area contributed by atoms with Gasteiger partial charge in [-0.25, -0.2) is 15.0 Å². The van der Waals surface area contributed by atoms with Gasteiger partial charge in [0.2, 0.25) is 5.91 Å². The summed E-state index contributed by atoms with van der Waals surface area (Å²) in [7, 11) is 3.21. The normalized spacial score (nSPS) is 14.5. The molecule has 0 aliphatic carbocycles. The molecule has 8 heteroatoms. The zero-order valence-electron chi connectivity index (χ0n) is 18.0. The molecule has 2 aromatic heterocycles. The number of amides is 1. The van der Waals surface area contributed by atoms with Crippen molar-refractivity contribution >= 4 is 17.2 Å². The average molecular weight is 439 g/mol. The van der Waals surface area contributed by atoms with Gasteiger partial charge < -0.3 is 14.4 Å². The highest BCUT2D eigenvalue weighted by molar-refractivity contribution is 7.15. The van der Waals surface area contributed by atoms with Gasteiger partial charge >= 0.3 is 0 Å². The van der Waals surface area contributed by atoms with Gasteiger partial charge in [-0.3, -0.25) is 4.79 Å². The van der Waals surface area contributed by atoms with Crippen LogP contribution in [0.5, 0.6) is 11.5 Å². The summed E-state index contributed by atoms with van der Waals surface area (Å²) in [6.07, 6.45) is 5.53. The van der Waals surface area contributed by atoms with Gasteiger partial charge in [0.15, 0.2) is 11.5 Å². The summed E-state index contributed by atoms with van der Waals surface area (Å²) in [4.78, 5) is 29.1. The third-order valence-corrected chi connectivity index (χ3v) is 6.97. The van der Waals surface area contributed by atoms with Crippen LogP contribution in [-0.4, -0.2) is 53.1 Å². The lowest BCUT2D eigenvalue weighted by Gasteiger charge is -2.31. The van der Waals surface area contributed by atoms with Crippen LogP contribution < -0.4 is 9.47 Å². The Labute approximate surface area is 186 Å². The Morgan fingerprint density at radius 3 is 2.61 bits per heavy atom. The number of rotatable bonds is 6. The first-order chi connectivity index (χ1) is 15.1. The maximum absolute atomic E-state index is 12.8. The Morgan fingerprint density at radius 2 is 1.94 bits per heavy atom. The molecule has 31 heavy (non-hydrogen) atoms. The van der Waals surface area contributed by atoms with E-state index in [1.165, 1.54) is 0 Å². The molecule has 0 radical (unpaired) electrons. The van der Waals surface area contributed by atoms with Gasteiger partial charge in [0.1, 0.15) is 6.33 Å². The smallest absolute Gasteiger partial charge is 0.226 e. The highest BCUT2D eigenvalue weighted by Crippen LogP contribution is 2.36. The first-order valence-electron chi connectivity index (χ1n) is 10.3. The number of likely N-dealkylation sites (tertiary alicyclic amines) is 1. The summed E-state index contributed by atoms with van der Waals surface area (Å²) in [6.45, 7) is 3.52. The van der Waals surface area contributed by atoms with Crippen LogP contribution in [0.3, 0.4) is 0 Å². The molecule has 3 heterocycles. The molecule has 1 aliphatic heterocycles. The summed E-state index contributed by atoms with van der Waals surface area (Å²) in [5.41, 5.74) is 2.85. The topological polar surface area (TPSA) is 77.4 Å². The van der Waals surface area contributed by atoms with Crippen LogP contribution in [-0.2, 0) is 11.2 Å². The molecule has 0 bridgehead atoms. The fraction of sp³-hybridized carbons (Fsp3) is 0.391. The van der Waals surface area contributed by atoms with Crippen molar-refractivity contribution in [3.8, 4) is 22.1 Å². The van der Waals surface area contributed by atoms with E-state index in [2.05, 4.69) is 9.97 Å². The molecule has 3 aromatic rings. The van der Waals surface area contributed by atoms with E-state index in [0.29, 0.717) is 23.8 Å². The SMILES string of the molecule is COc1ccc(CC(=O)N2CCC(c3nc(C)c(-c4ccncn4)s3)CC2)cc1OC. The number of piperidine rings is 1. The van der Waals surface area contributed by atoms with Crippen molar-refractivity contribution in [3.63, 3.8) is 0 Å². The molecular weight excluding hydrogens is 412 g/mol. The van der Waals surface area contributed by atoms with Gasteiger partial charge in [0.25, 0.3) is 0 Å². The zero-order valence-corrected chi connectivity index (χ0v) is 18.8. The maximum Gasteiger partial charge on any atom is 0.226 e. The molecule has 1 aromatic carbocycles. The Bertz CT molecular complexity index is 1050. The van der Waals surface area contributed by atoms with Crippen molar-refractivity contribution in [2.45, 2.75) is 32.1 Å². The zero-order chi connectivity index (χ0) is 21.8. The van der Waals surface area contributed by atoms with E-state index in [1.807, 2.05) is 36.1 Å². The lowest BCUT2D eigenvalue weighted by Crippen LogP contribution is -2.38. The van der Waals surface area contributed by atoms with Crippen LogP contribution in [0.4, 0.5) is 0 Å². The summed E-state index contributed by atoms with van der Waals surface area (Å²) in [6, 6.07) is 7.54. The van der Waals surface area contributed by atoms with Crippen LogP contribution >= 0.6 is 11.3 Å². The minimum absolute atomic E-state index is 0.141. The standard InChI is InChI=1S/C23H26N4O3S/c1-15-22(18-6-9-24-14-25-18)31-23(26-15)17-7-10-27(11-8-17)21(28)13-16-4-5-19(29-2)20(12-16)30-3/h4-6,9,12,14,17H,7-8,10-11,13H2,1-3H3. The molecule has 1 aliphatic rings. The van der Waals surface area contributed by atoms with Crippen molar-refractivity contribution in [1.82, 2.24) is 19.9 Å². The Hall–Kier alpha value is -3.00. The molecular formula is C23H26N4O3S. The van der Waals surface area contributed by atoms with Gasteiger partial charge in [-0.15, -0.1) is 11.3 Å². The molecule has 0 saturated carbocycles. The van der Waals surface area contributed by atoms with Gasteiger partial charge in [-0.2, -0.15) is 0 Å². The number of carbonyl (C=O) groups excluding carboxylic acids is 1. The Morgan fingerprint density at radius 1 is 1.16 bits per heavy atom. The van der Waals surface area contributed by atoms with E-state index in [0.717, 1.165) is 52.8 Å². The van der Waals surface area contributed by atoms with Gasteiger partial charge in [0.05, 0.1) is 41.9 Å². The largest absolute Gasteiger partial charge is 0.493 e. The highest BCUT2D eigenvalue weighted by Gasteiger charge is 2.27. The second-order valence-corrected chi connectivity index (χ2v) is 8.61. The minimum atomic E-state index is 0.141. The second-order valence-electron chi connectivity index (χ2n) is 7.58. The predicted octanol–water partition coefficient (Wildman–Crippen LogP) is 3.87. The van der Waals surface area contributed by atoms with Crippen LogP contribution in [0.2, 0.25) is 0 Å². The van der Waals surface area contributed by atoms with E-state index >= 15 is 0 Å². The van der Waals surface area contributed by atoms with Crippen LogP contribution in [0.25, 0.3) is 10.6 Å². The molecule has 0 N–H and O–H groups in total. The van der Waals surface area contributed by atoms with Crippen molar-refractivity contribution in [2.75, 3.05) is 27.3 Å². The molecule has 7 nitrogen and oxygen atoms in total. The first kappa shape index (κ1) is 21.2. The van der Waals surface area contributed by atoms with E-state index in [1.54, 1.807) is 38.1 Å². The van der Waals surface area contributed by atoms with Crippen LogP contribution in [0.1, 0.15) is 35.0 Å². The molecule has 1 fully saturated rings. The molecule has 0 spiro atoms. The lowest BCUT2D eigenvalue weighted by molar-refractivity contribution is -0.131. The number of aromatic nitrogens is 3. The van der Waals surface area contributed by atoms with Crippen LogP contribution in [0.15, 0.2) is 36.8 Å². The lowest BCUT2D eigenvalue weighted by atomic mass is 9.97. The number of thiazole rings is 1. The number of aryl methyl sites for hydroxylation is 1. The summed E-state index contributed by atoms with van der Waals surface area (Å²) in [5.74, 6) is 1.83. The van der Waals surface area contributed by atoms with Crippen molar-refractivity contribution < 1.29 is 14.3 Å². The van der Waals surface area contributed by atoms with Crippen molar-refractivity contribution in [3.05, 3.63) is 53.1 Å². The number of hydrogen-bond donors (Lipinski definition) is 0. The monoisotopic (exact) mass is 438 g/mol. The highest BCUT2D eigenvalue weighted by atomic mass is 32.1. The fourth-order valence-corrected chi connectivity index (χ4v) is 5.12. The molecule has 0 atom stereocenters. The quantitative estimate of drug-likeness (QED) is 0.581. The fourth-order valence-electron chi connectivity index (χ4n) is 3.91. The van der Waals surface area contributed by atoms with E-state index in [-0.39, 0.29) is 5.91 Å². The van der Waals surface area contributed by atoms with E-state index in [4.69, 9.17) is 14.5 Å². The second kappa shape index (κ2) is 9.43. The predicted molar refractivity (Wildman–Crippen MR) is 120 cm³/mol. The Kier molecular flexibility index (Phi) is 6.46. The molecule has 4 rings (SSSR count). The third kappa shape index (κ3) is 4.69. The number of methoxy groups -OCH3 is 2. The minimum Gasteiger partial charge on any atom is -0.493 e. The molecule has 1 amide bonds. The van der Waals surface area contributed by atoms with Crippen molar-refractivity contribution in [2.24, 2.45) is 0 Å². The third-order valence-electron chi connectivity index (χ3n) is 5.63. The molecule has 0 unspecified atom stereocenters. The number of benzene rings is 1. The van der Waals surface area contributed by atoms with Crippen molar-refractivity contribution in [1.29, 1.82) is 0 Å². The number of ether oxygens (including phenoxy) is 2. The van der Waals surface area contributed by atoms with Gasteiger partial charge in [-0.05, 0) is 43.5 Å². The Balaban J connectivity index is 1.37. The summed E-state index contributed by atoms with van der Waals surface area (Å²) < 4.78 is 10.6. The van der Waals surface area contributed by atoms with E-state index < -0.39 is 0 Å². The number of nitrogens with zero attached hydrogens (tertiary/aromatic N) is 4. The summed E-state index contributed by atoms with van der Waals surface area (Å²) >= 11 is 1.71. The molecule has 162 valence electrons. The molecule has 1 saturated heterocycles. The first-order valence-corrected chi connectivity index (χ1v) is 11.1. The van der Waals surface area contributed by atoms with Crippen LogP contribution in [0, 0.1) is 6.92 Å². The number of carbonyl (C=O) groups is 1. The van der Waals surface area contributed by atoms with Gasteiger partial charge in [-0.1, -0.05) is 6.07 Å². The average Bonchev–Trinajstić information content (AvgIpc) is 3.21.